The fraction of sp³-hybridized carbons (Fsp3) is 0.900. The van der Waals surface area contributed by atoms with Crippen LogP contribution in [0, 0.1) is 22.0 Å². The molecule has 6 heteroatoms. The van der Waals surface area contributed by atoms with Crippen LogP contribution in [0.4, 0.5) is 4.79 Å². The van der Waals surface area contributed by atoms with Crippen LogP contribution in [0.3, 0.4) is 0 Å². The SMILES string of the molecule is CC(C)(C)OC(=O)N1C[C@@H]2C([N+](=O)[O-])[C@@H]2C1. The molecule has 0 aromatic carbocycles. The smallest absolute Gasteiger partial charge is 0.410 e. The summed E-state index contributed by atoms with van der Waals surface area (Å²) in [7, 11) is 0. The highest BCUT2D eigenvalue weighted by molar-refractivity contribution is 5.69. The number of carbonyl (C=O) groups is 1. The van der Waals surface area contributed by atoms with E-state index in [0.717, 1.165) is 0 Å². The molecule has 1 heterocycles. The van der Waals surface area contributed by atoms with Crippen molar-refractivity contribution in [3.63, 3.8) is 0 Å². The number of hydrogen-bond acceptors (Lipinski definition) is 4. The Kier molecular flexibility index (Phi) is 2.32. The van der Waals surface area contributed by atoms with Crippen LogP contribution in [0.1, 0.15) is 20.8 Å². The normalized spacial score (nSPS) is 32.2. The molecule has 1 aliphatic heterocycles. The van der Waals surface area contributed by atoms with E-state index in [2.05, 4.69) is 0 Å². The van der Waals surface area contributed by atoms with Gasteiger partial charge < -0.3 is 9.64 Å². The summed E-state index contributed by atoms with van der Waals surface area (Å²) in [5.41, 5.74) is -0.508. The van der Waals surface area contributed by atoms with Gasteiger partial charge in [-0.15, -0.1) is 0 Å². The lowest BCUT2D eigenvalue weighted by molar-refractivity contribution is -0.502. The Morgan fingerprint density at radius 2 is 1.88 bits per heavy atom. The lowest BCUT2D eigenvalue weighted by Gasteiger charge is -2.25. The zero-order valence-electron chi connectivity index (χ0n) is 9.67. The van der Waals surface area contributed by atoms with Gasteiger partial charge in [0.2, 0.25) is 6.04 Å². The quantitative estimate of drug-likeness (QED) is 0.498. The van der Waals surface area contributed by atoms with Crippen LogP contribution in [0.15, 0.2) is 0 Å². The molecule has 1 unspecified atom stereocenters. The van der Waals surface area contributed by atoms with Crippen molar-refractivity contribution in [1.29, 1.82) is 0 Å². The maximum Gasteiger partial charge on any atom is 0.410 e. The van der Waals surface area contributed by atoms with E-state index in [-0.39, 0.29) is 22.9 Å². The summed E-state index contributed by atoms with van der Waals surface area (Å²) in [5.74, 6) is 0.0880. The molecule has 1 saturated heterocycles. The third kappa shape index (κ3) is 1.96. The fourth-order valence-electron chi connectivity index (χ4n) is 2.28. The lowest BCUT2D eigenvalue weighted by Crippen LogP contribution is -2.38. The molecule has 2 rings (SSSR count). The van der Waals surface area contributed by atoms with Gasteiger partial charge in [-0.05, 0) is 20.8 Å². The zero-order valence-corrected chi connectivity index (χ0v) is 9.67. The Morgan fingerprint density at radius 1 is 1.38 bits per heavy atom. The number of nitro groups is 1. The zero-order chi connectivity index (χ0) is 12.1. The van der Waals surface area contributed by atoms with E-state index < -0.39 is 11.6 Å². The Morgan fingerprint density at radius 3 is 2.25 bits per heavy atom. The van der Waals surface area contributed by atoms with Gasteiger partial charge in [-0.25, -0.2) is 4.79 Å². The molecule has 90 valence electrons. The molecular formula is C10H16N2O4. The number of ether oxygens (including phenoxy) is 1. The predicted octanol–water partition coefficient (Wildman–Crippen LogP) is 1.13. The minimum absolute atomic E-state index is 0.0440. The number of rotatable bonds is 1. The van der Waals surface area contributed by atoms with Gasteiger partial charge in [-0.2, -0.15) is 0 Å². The first-order valence-corrected chi connectivity index (χ1v) is 5.41. The van der Waals surface area contributed by atoms with Crippen molar-refractivity contribution in [3.8, 4) is 0 Å². The molecule has 1 saturated carbocycles. The van der Waals surface area contributed by atoms with E-state index in [1.807, 2.05) is 20.8 Å². The average Bonchev–Trinajstić information content (AvgIpc) is 2.60. The topological polar surface area (TPSA) is 72.7 Å². The molecule has 1 amide bonds. The summed E-state index contributed by atoms with van der Waals surface area (Å²) in [5, 5.41) is 10.6. The van der Waals surface area contributed by atoms with Gasteiger partial charge >= 0.3 is 6.09 Å². The molecule has 1 aliphatic carbocycles. The predicted molar refractivity (Wildman–Crippen MR) is 55.6 cm³/mol. The van der Waals surface area contributed by atoms with E-state index in [1.165, 1.54) is 0 Å². The molecule has 2 aliphatic rings. The van der Waals surface area contributed by atoms with Gasteiger partial charge in [0.1, 0.15) is 5.60 Å². The van der Waals surface area contributed by atoms with Crippen molar-refractivity contribution < 1.29 is 14.5 Å². The first-order valence-electron chi connectivity index (χ1n) is 5.41. The number of hydrogen-bond donors (Lipinski definition) is 0. The highest BCUT2D eigenvalue weighted by atomic mass is 16.6. The molecule has 16 heavy (non-hydrogen) atoms. The van der Waals surface area contributed by atoms with Crippen LogP contribution in [0.25, 0.3) is 0 Å². The molecule has 0 bridgehead atoms. The Balaban J connectivity index is 1.85. The van der Waals surface area contributed by atoms with Gasteiger partial charge in [0, 0.05) is 18.0 Å². The highest BCUT2D eigenvalue weighted by Gasteiger charge is 2.65. The summed E-state index contributed by atoms with van der Waals surface area (Å²) in [6, 6.07) is -0.432. The first-order chi connectivity index (χ1) is 7.29. The van der Waals surface area contributed by atoms with Crippen LogP contribution in [0.2, 0.25) is 0 Å². The van der Waals surface area contributed by atoms with Crippen molar-refractivity contribution in [3.05, 3.63) is 10.1 Å². The van der Waals surface area contributed by atoms with Gasteiger partial charge in [0.15, 0.2) is 0 Å². The van der Waals surface area contributed by atoms with Crippen LogP contribution in [-0.4, -0.2) is 40.6 Å². The maximum absolute atomic E-state index is 11.6. The third-order valence-corrected chi connectivity index (χ3v) is 3.04. The number of piperidine rings is 1. The monoisotopic (exact) mass is 228 g/mol. The van der Waals surface area contributed by atoms with E-state index >= 15 is 0 Å². The maximum atomic E-state index is 11.6. The number of likely N-dealkylation sites (tertiary alicyclic amines) is 1. The van der Waals surface area contributed by atoms with Crippen LogP contribution < -0.4 is 0 Å². The van der Waals surface area contributed by atoms with Crippen molar-refractivity contribution in [2.75, 3.05) is 13.1 Å². The van der Waals surface area contributed by atoms with E-state index in [9.17, 15) is 14.9 Å². The number of amides is 1. The summed E-state index contributed by atoms with van der Waals surface area (Å²) in [6.45, 7) is 6.35. The molecule has 0 spiro atoms. The molecular weight excluding hydrogens is 212 g/mol. The molecule has 0 radical (unpaired) electrons. The third-order valence-electron chi connectivity index (χ3n) is 3.04. The molecule has 0 aromatic rings. The molecule has 3 atom stereocenters. The molecule has 6 nitrogen and oxygen atoms in total. The largest absolute Gasteiger partial charge is 0.444 e. The van der Waals surface area contributed by atoms with Crippen LogP contribution in [0.5, 0.6) is 0 Å². The second kappa shape index (κ2) is 3.33. The summed E-state index contributed by atoms with van der Waals surface area (Å²) in [4.78, 5) is 23.5. The minimum atomic E-state index is -0.508. The fourth-order valence-corrected chi connectivity index (χ4v) is 2.28. The molecule has 0 N–H and O–H groups in total. The average molecular weight is 228 g/mol. The summed E-state index contributed by atoms with van der Waals surface area (Å²) >= 11 is 0. The summed E-state index contributed by atoms with van der Waals surface area (Å²) < 4.78 is 5.20. The standard InChI is InChI=1S/C10H16N2O4/c1-10(2,3)16-9(13)11-4-6-7(5-11)8(6)12(14)15/h6-8H,4-5H2,1-3H3/t6-,7+,8?. The van der Waals surface area contributed by atoms with Crippen molar-refractivity contribution in [2.45, 2.75) is 32.4 Å². The van der Waals surface area contributed by atoms with Crippen LogP contribution >= 0.6 is 0 Å². The lowest BCUT2D eigenvalue weighted by atomic mass is 10.2. The first kappa shape index (κ1) is 11.2. The second-order valence-corrected chi connectivity index (χ2v) is 5.49. The number of nitrogens with zero attached hydrogens (tertiary/aromatic N) is 2. The van der Waals surface area contributed by atoms with Crippen molar-refractivity contribution >= 4 is 6.09 Å². The van der Waals surface area contributed by atoms with E-state index in [0.29, 0.717) is 13.1 Å². The second-order valence-electron chi connectivity index (χ2n) is 5.49. The Labute approximate surface area is 93.7 Å². The van der Waals surface area contributed by atoms with E-state index in [4.69, 9.17) is 4.74 Å². The Hall–Kier alpha value is -1.33. The van der Waals surface area contributed by atoms with Gasteiger partial charge in [0.05, 0.1) is 11.8 Å². The van der Waals surface area contributed by atoms with Gasteiger partial charge in [-0.3, -0.25) is 10.1 Å². The van der Waals surface area contributed by atoms with Gasteiger partial charge in [0.25, 0.3) is 0 Å². The van der Waals surface area contributed by atoms with Crippen LogP contribution in [-0.2, 0) is 4.74 Å². The Bertz CT molecular complexity index is 324. The van der Waals surface area contributed by atoms with E-state index in [1.54, 1.807) is 4.90 Å². The highest BCUT2D eigenvalue weighted by Crippen LogP contribution is 2.47. The number of fused-ring (bicyclic) bond motifs is 1. The van der Waals surface area contributed by atoms with Gasteiger partial charge in [-0.1, -0.05) is 0 Å². The van der Waals surface area contributed by atoms with Crippen molar-refractivity contribution in [1.82, 2.24) is 4.90 Å². The summed E-state index contributed by atoms with van der Waals surface area (Å²) in [6.07, 6.45) is -0.359. The minimum Gasteiger partial charge on any atom is -0.444 e. The molecule has 2 fully saturated rings. The number of carbonyl (C=O) groups excluding carboxylic acids is 1. The van der Waals surface area contributed by atoms with Crippen molar-refractivity contribution in [2.24, 2.45) is 11.8 Å². The molecule has 0 aromatic heterocycles.